The zero-order chi connectivity index (χ0) is 45.9. The molecule has 0 radical (unpaired) electrons. The third-order valence-corrected chi connectivity index (χ3v) is 7.46. The Morgan fingerprint density at radius 1 is 0.403 bits per heavy atom. The van der Waals surface area contributed by atoms with E-state index in [1.165, 1.54) is 72.8 Å². The molecule has 0 bridgehead atoms. The number of para-hydroxylation sites is 4. The molecule has 0 aliphatic heterocycles. The number of rotatable bonds is 8. The number of quaternary nitrogens is 2. The number of pyridine rings is 4. The second-order valence-electron chi connectivity index (χ2n) is 12.3. The standard InChI is InChI=1S/2C18H13N4O6.2C2H7N/c2*23-15-9-3-7-13(21(15)27)17(25)19-11-5-1-2-6-12(11)20-18(26)14-8-4-10-16(24)22(14)28;2*1-3-2/h2*1-10,27H,(H,19,25)(H,20,26);2*3H,1-2H3/q2*-1;;/p+2. The van der Waals surface area contributed by atoms with Crippen LogP contribution in [-0.4, -0.2) is 81.2 Å². The first-order valence-corrected chi connectivity index (χ1v) is 18.1. The topological polar surface area (TPSA) is 324 Å². The Labute approximate surface area is 350 Å². The van der Waals surface area contributed by atoms with Gasteiger partial charge in [0.2, 0.25) is 11.1 Å². The van der Waals surface area contributed by atoms with Crippen LogP contribution in [0.3, 0.4) is 0 Å². The predicted octanol–water partition coefficient (Wildman–Crippen LogP) is -0.186. The highest BCUT2D eigenvalue weighted by Gasteiger charge is 2.18. The summed E-state index contributed by atoms with van der Waals surface area (Å²) in [5.41, 5.74) is -4.24. The van der Waals surface area contributed by atoms with Crippen molar-refractivity contribution in [1.82, 2.24) is 18.9 Å². The number of carbonyl (C=O) groups excluding carboxylic acids is 4. The highest BCUT2D eigenvalue weighted by atomic mass is 16.5. The summed E-state index contributed by atoms with van der Waals surface area (Å²) in [5.74, 6) is -3.31. The first kappa shape index (κ1) is 47.6. The van der Waals surface area contributed by atoms with Gasteiger partial charge in [-0.3, -0.25) is 38.4 Å². The van der Waals surface area contributed by atoms with Gasteiger partial charge < -0.3 is 62.2 Å². The van der Waals surface area contributed by atoms with Crippen LogP contribution in [0.5, 0.6) is 0 Å². The normalized spacial score (nSPS) is 9.87. The van der Waals surface area contributed by atoms with Crippen molar-refractivity contribution in [3.63, 3.8) is 0 Å². The summed E-state index contributed by atoms with van der Waals surface area (Å²) in [7, 11) is 8.00. The van der Waals surface area contributed by atoms with Gasteiger partial charge in [0, 0.05) is 24.3 Å². The smallest absolute Gasteiger partial charge is 0.283 e. The van der Waals surface area contributed by atoms with Crippen LogP contribution in [0.1, 0.15) is 42.0 Å². The summed E-state index contributed by atoms with van der Waals surface area (Å²) in [5, 5.41) is 56.6. The van der Waals surface area contributed by atoms with Crippen molar-refractivity contribution < 1.29 is 40.2 Å². The molecular formula is C40H42N10O12. The van der Waals surface area contributed by atoms with Crippen LogP contribution in [0.15, 0.2) is 141 Å². The lowest BCUT2D eigenvalue weighted by Crippen LogP contribution is -2.74. The van der Waals surface area contributed by atoms with Crippen LogP contribution in [0.25, 0.3) is 0 Å². The second-order valence-corrected chi connectivity index (χ2v) is 12.3. The molecule has 0 unspecified atom stereocenters. The molecule has 0 saturated carbocycles. The van der Waals surface area contributed by atoms with Gasteiger partial charge in [0.15, 0.2) is 0 Å². The molecule has 0 saturated heterocycles. The maximum absolute atomic E-state index is 12.4. The summed E-state index contributed by atoms with van der Waals surface area (Å²) < 4.78 is 0.281. The number of nitrogens with zero attached hydrogens (tertiary/aromatic N) is 4. The van der Waals surface area contributed by atoms with E-state index in [0.29, 0.717) is 0 Å². The third-order valence-electron chi connectivity index (χ3n) is 7.46. The maximum atomic E-state index is 12.4. The van der Waals surface area contributed by atoms with Crippen LogP contribution in [0.4, 0.5) is 22.7 Å². The van der Waals surface area contributed by atoms with E-state index >= 15 is 0 Å². The summed E-state index contributed by atoms with van der Waals surface area (Å²) in [6, 6.07) is 26.3. The van der Waals surface area contributed by atoms with Gasteiger partial charge in [0.25, 0.3) is 34.7 Å². The van der Waals surface area contributed by atoms with Crippen LogP contribution < -0.4 is 54.1 Å². The van der Waals surface area contributed by atoms with Gasteiger partial charge in [0.05, 0.1) is 50.9 Å². The molecule has 22 nitrogen and oxygen atoms in total. The minimum Gasteiger partial charge on any atom is -0.803 e. The molecular weight excluding hydrogens is 812 g/mol. The number of anilines is 4. The van der Waals surface area contributed by atoms with Gasteiger partial charge in [-0.1, -0.05) is 48.5 Å². The average Bonchev–Trinajstić information content (AvgIpc) is 3.24. The van der Waals surface area contributed by atoms with Crippen molar-refractivity contribution in [1.29, 1.82) is 0 Å². The lowest BCUT2D eigenvalue weighted by molar-refractivity contribution is -0.597. The predicted molar refractivity (Wildman–Crippen MR) is 227 cm³/mol. The monoisotopic (exact) mass is 854 g/mol. The fourth-order valence-electron chi connectivity index (χ4n) is 4.74. The van der Waals surface area contributed by atoms with Crippen molar-refractivity contribution in [2.75, 3.05) is 49.5 Å². The lowest BCUT2D eigenvalue weighted by atomic mass is 10.2. The molecule has 0 fully saturated rings. The largest absolute Gasteiger partial charge is 0.803 e. The molecule has 6 aromatic rings. The minimum absolute atomic E-state index is 0.0506. The average molecular weight is 855 g/mol. The molecule has 10 N–H and O–H groups in total. The van der Waals surface area contributed by atoms with E-state index in [-0.39, 0.29) is 53.1 Å². The van der Waals surface area contributed by atoms with Gasteiger partial charge in [-0.15, -0.1) is 9.46 Å². The molecule has 4 heterocycles. The van der Waals surface area contributed by atoms with Gasteiger partial charge in [-0.2, -0.15) is 0 Å². The number of nitrogens with one attached hydrogen (secondary N) is 4. The van der Waals surface area contributed by atoms with E-state index in [1.54, 1.807) is 24.3 Å². The van der Waals surface area contributed by atoms with E-state index < -0.39 is 57.3 Å². The van der Waals surface area contributed by atoms with E-state index in [1.807, 2.05) is 38.8 Å². The molecule has 0 aliphatic carbocycles. The Kier molecular flexibility index (Phi) is 17.7. The van der Waals surface area contributed by atoms with Crippen molar-refractivity contribution in [2.45, 2.75) is 0 Å². The highest BCUT2D eigenvalue weighted by Crippen LogP contribution is 2.23. The number of benzene rings is 2. The van der Waals surface area contributed by atoms with E-state index in [4.69, 9.17) is 0 Å². The van der Waals surface area contributed by atoms with Gasteiger partial charge in [-0.05, 0) is 48.5 Å². The van der Waals surface area contributed by atoms with Crippen molar-refractivity contribution in [2.24, 2.45) is 0 Å². The van der Waals surface area contributed by atoms with Crippen LogP contribution in [-0.2, 0) is 0 Å². The molecule has 0 atom stereocenters. The molecule has 4 aromatic heterocycles. The SMILES string of the molecule is C[NH2+]C.C[NH2+]C.O=C(Nc1ccccc1NC(=O)c1cccc(=O)n1O)c1cccc(=O)n1[O-].O=C(Nc1ccccc1NC(=O)c1cccc(=O)n1O)c1cccc(=O)n1[O-]. The first-order chi connectivity index (χ1) is 29.6. The summed E-state index contributed by atoms with van der Waals surface area (Å²) in [6.07, 6.45) is 0. The van der Waals surface area contributed by atoms with Gasteiger partial charge >= 0.3 is 0 Å². The van der Waals surface area contributed by atoms with Crippen molar-refractivity contribution in [3.8, 4) is 0 Å². The first-order valence-electron chi connectivity index (χ1n) is 18.1. The van der Waals surface area contributed by atoms with Gasteiger partial charge in [0.1, 0.15) is 22.8 Å². The fourth-order valence-corrected chi connectivity index (χ4v) is 4.74. The van der Waals surface area contributed by atoms with Crippen molar-refractivity contribution in [3.05, 3.63) is 196 Å². The molecule has 62 heavy (non-hydrogen) atoms. The van der Waals surface area contributed by atoms with Gasteiger partial charge in [-0.25, -0.2) is 0 Å². The Balaban J connectivity index is 0.000000293. The summed E-state index contributed by atoms with van der Waals surface area (Å²) in [4.78, 5) is 95.0. The second kappa shape index (κ2) is 23.0. The van der Waals surface area contributed by atoms with Crippen LogP contribution in [0, 0.1) is 10.4 Å². The summed E-state index contributed by atoms with van der Waals surface area (Å²) in [6.45, 7) is 0. The van der Waals surface area contributed by atoms with E-state index in [0.717, 1.165) is 24.3 Å². The number of carbonyl (C=O) groups is 4. The van der Waals surface area contributed by atoms with Crippen molar-refractivity contribution >= 4 is 46.4 Å². The quantitative estimate of drug-likeness (QED) is 0.0925. The number of amides is 4. The number of hydrogen-bond acceptors (Lipinski definition) is 12. The molecule has 0 aliphatic rings. The highest BCUT2D eigenvalue weighted by molar-refractivity contribution is 6.10. The molecule has 0 spiro atoms. The number of hydrogen-bond donors (Lipinski definition) is 8. The lowest BCUT2D eigenvalue weighted by Gasteiger charge is -2.17. The Bertz CT molecular complexity index is 2410. The zero-order valence-electron chi connectivity index (χ0n) is 33.5. The number of aromatic nitrogens is 4. The number of nitrogens with two attached hydrogens (primary N) is 2. The van der Waals surface area contributed by atoms with E-state index in [2.05, 4.69) is 21.3 Å². The minimum atomic E-state index is -0.890. The zero-order valence-corrected chi connectivity index (χ0v) is 33.5. The maximum Gasteiger partial charge on any atom is 0.283 e. The van der Waals surface area contributed by atoms with E-state index in [9.17, 15) is 59.2 Å². The fraction of sp³-hybridized carbons (Fsp3) is 0.100. The summed E-state index contributed by atoms with van der Waals surface area (Å²) >= 11 is 0. The third kappa shape index (κ3) is 12.6. The Hall–Kier alpha value is -8.76. The molecule has 324 valence electrons. The molecule has 2 aromatic carbocycles. The molecule has 4 amide bonds. The van der Waals surface area contributed by atoms with Crippen LogP contribution >= 0.6 is 0 Å². The molecule has 6 rings (SSSR count). The van der Waals surface area contributed by atoms with Crippen LogP contribution in [0.2, 0.25) is 0 Å². The Morgan fingerprint density at radius 3 is 0.903 bits per heavy atom. The Morgan fingerprint density at radius 2 is 0.629 bits per heavy atom. The molecule has 22 heteroatoms.